The van der Waals surface area contributed by atoms with Crippen LogP contribution in [0.3, 0.4) is 0 Å². The molecule has 0 bridgehead atoms. The van der Waals surface area contributed by atoms with Crippen LogP contribution >= 0.6 is 11.6 Å². The van der Waals surface area contributed by atoms with Crippen LogP contribution in [0, 0.1) is 0 Å². The normalized spacial score (nSPS) is 10.6. The summed E-state index contributed by atoms with van der Waals surface area (Å²) < 4.78 is 7.15. The molecular weight excluding hydrogens is 340 g/mol. The predicted molar refractivity (Wildman–Crippen MR) is 95.3 cm³/mol. The van der Waals surface area contributed by atoms with E-state index >= 15 is 0 Å². The highest BCUT2D eigenvalue weighted by molar-refractivity contribution is 6.31. The molecular formula is C18H17ClN4O2. The summed E-state index contributed by atoms with van der Waals surface area (Å²) in [7, 11) is 0. The minimum Gasteiger partial charge on any atom is -0.367 e. The van der Waals surface area contributed by atoms with Crippen molar-refractivity contribution in [2.75, 3.05) is 11.9 Å². The summed E-state index contributed by atoms with van der Waals surface area (Å²) in [5.74, 6) is -0.224. The molecule has 0 radical (unpaired) electrons. The van der Waals surface area contributed by atoms with Gasteiger partial charge in [-0.2, -0.15) is 5.10 Å². The Bertz CT molecular complexity index is 837. The van der Waals surface area contributed by atoms with Crippen molar-refractivity contribution < 1.29 is 9.53 Å². The first-order valence-corrected chi connectivity index (χ1v) is 8.11. The van der Waals surface area contributed by atoms with E-state index in [0.717, 1.165) is 16.8 Å². The summed E-state index contributed by atoms with van der Waals surface area (Å²) in [4.78, 5) is 16.1. The van der Waals surface area contributed by atoms with E-state index in [1.165, 1.54) is 6.33 Å². The van der Waals surface area contributed by atoms with Crippen LogP contribution in [0.4, 0.5) is 5.69 Å². The molecule has 6 nitrogen and oxygen atoms in total. The van der Waals surface area contributed by atoms with Gasteiger partial charge in [-0.15, -0.1) is 0 Å². The third-order valence-electron chi connectivity index (χ3n) is 3.54. The first-order chi connectivity index (χ1) is 12.2. The molecule has 0 aliphatic carbocycles. The largest absolute Gasteiger partial charge is 0.367 e. The Morgan fingerprint density at radius 1 is 1.12 bits per heavy atom. The molecule has 0 atom stereocenters. The minimum atomic E-state index is -0.224. The second-order valence-corrected chi connectivity index (χ2v) is 5.79. The average molecular weight is 357 g/mol. The molecule has 128 valence electrons. The summed E-state index contributed by atoms with van der Waals surface area (Å²) >= 11 is 6.06. The molecule has 1 amide bonds. The zero-order valence-electron chi connectivity index (χ0n) is 13.4. The Hall–Kier alpha value is -2.70. The zero-order chi connectivity index (χ0) is 17.5. The molecule has 3 aromatic rings. The standard InChI is InChI=1S/C18H17ClN4O2/c19-16-7-3-1-6-15(16)10-25-11-18(24)22-17-8-4-2-5-14(17)9-23-13-20-12-21-23/h1-8,12-13H,9-11H2,(H,22,24). The number of nitrogens with zero attached hydrogens (tertiary/aromatic N) is 3. The van der Waals surface area contributed by atoms with Gasteiger partial charge in [0, 0.05) is 10.7 Å². The number of anilines is 1. The fourth-order valence-corrected chi connectivity index (χ4v) is 2.51. The number of carbonyl (C=O) groups excluding carboxylic acids is 1. The van der Waals surface area contributed by atoms with Crippen molar-refractivity contribution in [3.8, 4) is 0 Å². The van der Waals surface area contributed by atoms with Gasteiger partial charge >= 0.3 is 0 Å². The first kappa shape index (κ1) is 17.1. The highest BCUT2D eigenvalue weighted by atomic mass is 35.5. The summed E-state index contributed by atoms with van der Waals surface area (Å²) in [5, 5.41) is 7.57. The maximum absolute atomic E-state index is 12.1. The van der Waals surface area contributed by atoms with E-state index in [2.05, 4.69) is 15.4 Å². The quantitative estimate of drug-likeness (QED) is 0.706. The Labute approximate surface area is 150 Å². The lowest BCUT2D eigenvalue weighted by atomic mass is 10.2. The van der Waals surface area contributed by atoms with Crippen molar-refractivity contribution >= 4 is 23.2 Å². The van der Waals surface area contributed by atoms with Gasteiger partial charge < -0.3 is 10.1 Å². The molecule has 0 unspecified atom stereocenters. The van der Waals surface area contributed by atoms with Gasteiger partial charge in [-0.1, -0.05) is 48.0 Å². The van der Waals surface area contributed by atoms with Crippen LogP contribution in [-0.2, 0) is 22.7 Å². The van der Waals surface area contributed by atoms with E-state index in [1.54, 1.807) is 17.1 Å². The molecule has 0 saturated carbocycles. The van der Waals surface area contributed by atoms with E-state index in [-0.39, 0.29) is 19.1 Å². The number of amides is 1. The monoisotopic (exact) mass is 356 g/mol. The lowest BCUT2D eigenvalue weighted by molar-refractivity contribution is -0.121. The molecule has 0 fully saturated rings. The van der Waals surface area contributed by atoms with Crippen molar-refractivity contribution in [2.24, 2.45) is 0 Å². The summed E-state index contributed by atoms with van der Waals surface area (Å²) in [6.45, 7) is 0.757. The molecule has 0 spiro atoms. The Morgan fingerprint density at radius 2 is 1.88 bits per heavy atom. The number of benzene rings is 2. The average Bonchev–Trinajstić information content (AvgIpc) is 3.11. The lowest BCUT2D eigenvalue weighted by Gasteiger charge is -2.11. The molecule has 7 heteroatoms. The maximum atomic E-state index is 12.1. The van der Waals surface area contributed by atoms with Gasteiger partial charge in [0.1, 0.15) is 19.3 Å². The highest BCUT2D eigenvalue weighted by Crippen LogP contribution is 2.17. The summed E-state index contributed by atoms with van der Waals surface area (Å²) in [6.07, 6.45) is 3.11. The van der Waals surface area contributed by atoms with Gasteiger partial charge in [0.05, 0.1) is 13.2 Å². The molecule has 3 rings (SSSR count). The van der Waals surface area contributed by atoms with Gasteiger partial charge in [0.15, 0.2) is 0 Å². The smallest absolute Gasteiger partial charge is 0.250 e. The molecule has 25 heavy (non-hydrogen) atoms. The fourth-order valence-electron chi connectivity index (χ4n) is 2.32. The van der Waals surface area contributed by atoms with Crippen LogP contribution in [0.2, 0.25) is 5.02 Å². The lowest BCUT2D eigenvalue weighted by Crippen LogP contribution is -2.19. The summed E-state index contributed by atoms with van der Waals surface area (Å²) in [6, 6.07) is 14.9. The number of hydrogen-bond donors (Lipinski definition) is 1. The van der Waals surface area contributed by atoms with Crippen molar-refractivity contribution in [3.63, 3.8) is 0 Å². The second kappa shape index (κ2) is 8.41. The number of ether oxygens (including phenoxy) is 1. The number of halogens is 1. The molecule has 1 N–H and O–H groups in total. The van der Waals surface area contributed by atoms with Crippen LogP contribution in [0.25, 0.3) is 0 Å². The van der Waals surface area contributed by atoms with Crippen molar-refractivity contribution in [3.05, 3.63) is 77.3 Å². The van der Waals surface area contributed by atoms with Gasteiger partial charge in [0.2, 0.25) is 5.91 Å². The minimum absolute atomic E-state index is 0.0527. The van der Waals surface area contributed by atoms with Crippen LogP contribution in [-0.4, -0.2) is 27.3 Å². The van der Waals surface area contributed by atoms with E-state index in [9.17, 15) is 4.79 Å². The van der Waals surface area contributed by atoms with Crippen LogP contribution in [0.5, 0.6) is 0 Å². The topological polar surface area (TPSA) is 69.0 Å². The van der Waals surface area contributed by atoms with Crippen LogP contribution in [0.15, 0.2) is 61.2 Å². The summed E-state index contributed by atoms with van der Waals surface area (Å²) in [5.41, 5.74) is 2.51. The zero-order valence-corrected chi connectivity index (χ0v) is 14.2. The Kier molecular flexibility index (Phi) is 5.77. The van der Waals surface area contributed by atoms with Crippen molar-refractivity contribution in [1.29, 1.82) is 0 Å². The third-order valence-corrected chi connectivity index (χ3v) is 3.91. The molecule has 0 aliphatic heterocycles. The van der Waals surface area contributed by atoms with E-state index in [0.29, 0.717) is 11.6 Å². The molecule has 0 aliphatic rings. The van der Waals surface area contributed by atoms with Crippen LogP contribution in [0.1, 0.15) is 11.1 Å². The van der Waals surface area contributed by atoms with E-state index in [4.69, 9.17) is 16.3 Å². The number of rotatable bonds is 7. The number of para-hydroxylation sites is 1. The highest BCUT2D eigenvalue weighted by Gasteiger charge is 2.08. The molecule has 2 aromatic carbocycles. The maximum Gasteiger partial charge on any atom is 0.250 e. The fraction of sp³-hybridized carbons (Fsp3) is 0.167. The van der Waals surface area contributed by atoms with Gasteiger partial charge in [-0.3, -0.25) is 4.79 Å². The number of nitrogens with one attached hydrogen (secondary N) is 1. The number of carbonyl (C=O) groups is 1. The van der Waals surface area contributed by atoms with Gasteiger partial charge in [-0.25, -0.2) is 9.67 Å². The first-order valence-electron chi connectivity index (χ1n) is 7.73. The Balaban J connectivity index is 1.55. The van der Waals surface area contributed by atoms with Crippen molar-refractivity contribution in [1.82, 2.24) is 14.8 Å². The predicted octanol–water partition coefficient (Wildman–Crippen LogP) is 3.14. The van der Waals surface area contributed by atoms with Gasteiger partial charge in [0.25, 0.3) is 0 Å². The van der Waals surface area contributed by atoms with Crippen molar-refractivity contribution in [2.45, 2.75) is 13.2 Å². The van der Waals surface area contributed by atoms with E-state index < -0.39 is 0 Å². The molecule has 1 aromatic heterocycles. The van der Waals surface area contributed by atoms with Crippen LogP contribution < -0.4 is 5.32 Å². The molecule has 0 saturated heterocycles. The molecule has 1 heterocycles. The third kappa shape index (κ3) is 4.89. The second-order valence-electron chi connectivity index (χ2n) is 5.38. The SMILES string of the molecule is O=C(COCc1ccccc1Cl)Nc1ccccc1Cn1cncn1. The number of hydrogen-bond acceptors (Lipinski definition) is 4. The van der Waals surface area contributed by atoms with Gasteiger partial charge in [-0.05, 0) is 23.3 Å². The Morgan fingerprint density at radius 3 is 2.64 bits per heavy atom. The van der Waals surface area contributed by atoms with E-state index in [1.807, 2.05) is 42.5 Å². The number of aromatic nitrogens is 3.